The Morgan fingerprint density at radius 3 is 1.11 bits per heavy atom. The van der Waals surface area contributed by atoms with Crippen LogP contribution in [0, 0.1) is 0 Å². The van der Waals surface area contributed by atoms with Gasteiger partial charge >= 0.3 is 0 Å². The number of Topliss-reactive ketones (excluding diaryl/α,β-unsaturated/α-hetero) is 2. The first-order chi connectivity index (χ1) is 12.2. The van der Waals surface area contributed by atoms with Crippen LogP contribution in [0.25, 0.3) is 0 Å². The Morgan fingerprint density at radius 1 is 0.630 bits per heavy atom. The van der Waals surface area contributed by atoms with Gasteiger partial charge in [-0.2, -0.15) is 0 Å². The summed E-state index contributed by atoms with van der Waals surface area (Å²) < 4.78 is 0. The van der Waals surface area contributed by atoms with Crippen molar-refractivity contribution in [2.45, 2.75) is 11.2 Å². The van der Waals surface area contributed by atoms with Gasteiger partial charge in [0, 0.05) is 11.1 Å². The molecule has 2 aromatic rings. The summed E-state index contributed by atoms with van der Waals surface area (Å²) in [7, 11) is 0. The Morgan fingerprint density at radius 2 is 0.889 bits per heavy atom. The van der Waals surface area contributed by atoms with Gasteiger partial charge in [0.15, 0.2) is 0 Å². The smallest absolute Gasteiger partial charge is 0.209 e. The van der Waals surface area contributed by atoms with Gasteiger partial charge in [-0.15, -0.1) is 0 Å². The van der Waals surface area contributed by atoms with E-state index in [1.54, 1.807) is 0 Å². The molecule has 0 aliphatic carbocycles. The molecule has 0 aliphatic rings. The summed E-state index contributed by atoms with van der Waals surface area (Å²) in [5.74, 6) is -8.81. The lowest BCUT2D eigenvalue weighted by Crippen LogP contribution is -2.76. The molecule has 27 heavy (non-hydrogen) atoms. The topological polar surface area (TPSA) is 186 Å². The second-order valence-electron chi connectivity index (χ2n) is 5.39. The highest BCUT2D eigenvalue weighted by molar-refractivity contribution is 6.27. The van der Waals surface area contributed by atoms with Crippen molar-refractivity contribution in [3.8, 4) is 0 Å². The normalized spacial score (nSPS) is 14.7. The van der Waals surface area contributed by atoms with Crippen LogP contribution in [-0.4, -0.2) is 50.4 Å². The molecule has 9 nitrogen and oxygen atoms in total. The first kappa shape index (κ1) is 21.6. The maximum atomic E-state index is 12.5. The Balaban J connectivity index is 0.00000364. The molecule has 0 heterocycles. The van der Waals surface area contributed by atoms with Crippen molar-refractivity contribution < 1.29 is 45.1 Å². The quantitative estimate of drug-likeness (QED) is 0.376. The van der Waals surface area contributed by atoms with Crippen LogP contribution in [0.2, 0.25) is 0 Å². The minimum atomic E-state index is -4.12. The summed E-state index contributed by atoms with van der Waals surface area (Å²) in [5, 5.41) is 43.9. The van der Waals surface area contributed by atoms with Crippen molar-refractivity contribution in [1.82, 2.24) is 0 Å². The van der Waals surface area contributed by atoms with E-state index in [4.69, 9.17) is 0 Å². The first-order valence-electron chi connectivity index (χ1n) is 7.24. The molecule has 4 N–H and O–H groups in total. The van der Waals surface area contributed by atoms with Crippen molar-refractivity contribution >= 4 is 23.5 Å². The van der Waals surface area contributed by atoms with Gasteiger partial charge in [0.25, 0.3) is 0 Å². The molecule has 0 saturated carbocycles. The molecule has 9 heteroatoms. The number of aliphatic carboxylic acids is 2. The highest BCUT2D eigenvalue weighted by Crippen LogP contribution is 2.30. The van der Waals surface area contributed by atoms with Crippen molar-refractivity contribution in [2.75, 3.05) is 0 Å². The molecular formula is C18H14O9-2. The van der Waals surface area contributed by atoms with Crippen LogP contribution < -0.4 is 10.2 Å². The molecule has 2 unspecified atom stereocenters. The minimum absolute atomic E-state index is 0. The van der Waals surface area contributed by atoms with Crippen LogP contribution >= 0.6 is 0 Å². The van der Waals surface area contributed by atoms with Gasteiger partial charge in [-0.1, -0.05) is 60.7 Å². The predicted molar refractivity (Wildman–Crippen MR) is 85.1 cm³/mol. The van der Waals surface area contributed by atoms with Crippen LogP contribution in [0.3, 0.4) is 0 Å². The van der Waals surface area contributed by atoms with E-state index in [-0.39, 0.29) is 5.48 Å². The lowest BCUT2D eigenvalue weighted by molar-refractivity contribution is -0.346. The summed E-state index contributed by atoms with van der Waals surface area (Å²) in [6.07, 6.45) is 0. The second-order valence-corrected chi connectivity index (χ2v) is 5.39. The van der Waals surface area contributed by atoms with E-state index in [2.05, 4.69) is 0 Å². The Bertz CT molecular complexity index is 789. The van der Waals surface area contributed by atoms with E-state index in [1.165, 1.54) is 36.4 Å². The molecule has 0 radical (unpaired) electrons. The lowest BCUT2D eigenvalue weighted by Gasteiger charge is -2.42. The fraction of sp³-hybridized carbons (Fsp3) is 0.111. The van der Waals surface area contributed by atoms with Gasteiger partial charge in [0.2, 0.25) is 22.8 Å². The number of hydrogen-bond acceptors (Lipinski definition) is 8. The SMILES string of the molecule is O.O=C([O-])C(O)(C(=O)c1ccccc1)C(O)(C(=O)[O-])C(=O)c1ccccc1. The van der Waals surface area contributed by atoms with Gasteiger partial charge in [-0.05, 0) is 0 Å². The third kappa shape index (κ3) is 3.34. The van der Waals surface area contributed by atoms with Crippen molar-refractivity contribution in [3.05, 3.63) is 71.8 Å². The molecule has 0 spiro atoms. The molecule has 0 bridgehead atoms. The highest BCUT2D eigenvalue weighted by Gasteiger charge is 2.62. The number of benzene rings is 2. The summed E-state index contributed by atoms with van der Waals surface area (Å²) in [5.41, 5.74) is -9.17. The molecule has 0 saturated heterocycles. The zero-order valence-electron chi connectivity index (χ0n) is 13.6. The van der Waals surface area contributed by atoms with E-state index in [0.717, 1.165) is 24.3 Å². The number of aliphatic hydroxyl groups is 2. The predicted octanol–water partition coefficient (Wildman–Crippen LogP) is -3.11. The summed E-state index contributed by atoms with van der Waals surface area (Å²) in [6, 6.07) is 12.4. The lowest BCUT2D eigenvalue weighted by atomic mass is 9.73. The number of carboxylic acid groups (broad SMARTS) is 2. The zero-order valence-corrected chi connectivity index (χ0v) is 13.6. The van der Waals surface area contributed by atoms with Gasteiger partial charge in [-0.25, -0.2) is 0 Å². The van der Waals surface area contributed by atoms with Gasteiger partial charge < -0.3 is 35.5 Å². The van der Waals surface area contributed by atoms with Gasteiger partial charge in [0.1, 0.15) is 0 Å². The average molecular weight is 374 g/mol. The van der Waals surface area contributed by atoms with Crippen LogP contribution in [0.15, 0.2) is 60.7 Å². The third-order valence-corrected chi connectivity index (χ3v) is 3.84. The molecule has 0 aromatic heterocycles. The largest absolute Gasteiger partial charge is 0.546 e. The Hall–Kier alpha value is -3.40. The molecule has 0 aliphatic heterocycles. The Labute approximate surface area is 152 Å². The van der Waals surface area contributed by atoms with Crippen molar-refractivity contribution in [2.24, 2.45) is 0 Å². The number of carboxylic acids is 2. The van der Waals surface area contributed by atoms with Crippen LogP contribution in [0.5, 0.6) is 0 Å². The maximum Gasteiger partial charge on any atom is 0.209 e. The molecule has 0 amide bonds. The molecule has 142 valence electrons. The average Bonchev–Trinajstić information content (AvgIpc) is 2.66. The van der Waals surface area contributed by atoms with Crippen molar-refractivity contribution in [3.63, 3.8) is 0 Å². The molecule has 2 atom stereocenters. The van der Waals surface area contributed by atoms with Gasteiger partial charge in [0.05, 0.1) is 11.9 Å². The molecule has 2 rings (SSSR count). The molecular weight excluding hydrogens is 360 g/mol. The molecule has 2 aromatic carbocycles. The van der Waals surface area contributed by atoms with Crippen LogP contribution in [0.1, 0.15) is 20.7 Å². The number of carbonyl (C=O) groups excluding carboxylic acids is 4. The number of ketones is 2. The van der Waals surface area contributed by atoms with Crippen LogP contribution in [0.4, 0.5) is 0 Å². The maximum absolute atomic E-state index is 12.5. The number of hydrogen-bond donors (Lipinski definition) is 2. The fourth-order valence-electron chi connectivity index (χ4n) is 2.41. The van der Waals surface area contributed by atoms with E-state index in [0.29, 0.717) is 0 Å². The highest BCUT2D eigenvalue weighted by atomic mass is 16.5. The molecule has 0 fully saturated rings. The van der Waals surface area contributed by atoms with Crippen molar-refractivity contribution in [1.29, 1.82) is 0 Å². The first-order valence-corrected chi connectivity index (χ1v) is 7.24. The monoisotopic (exact) mass is 374 g/mol. The van der Waals surface area contributed by atoms with Crippen LogP contribution in [-0.2, 0) is 9.59 Å². The Kier molecular flexibility index (Phi) is 6.31. The fourth-order valence-corrected chi connectivity index (χ4v) is 2.41. The minimum Gasteiger partial charge on any atom is -0.546 e. The van der Waals surface area contributed by atoms with Gasteiger partial charge in [-0.3, -0.25) is 9.59 Å². The van der Waals surface area contributed by atoms with E-state index < -0.39 is 45.8 Å². The number of carbonyl (C=O) groups is 4. The summed E-state index contributed by atoms with van der Waals surface area (Å²) in [6.45, 7) is 0. The zero-order chi connectivity index (χ0) is 19.5. The number of rotatable bonds is 7. The van der Waals surface area contributed by atoms with E-state index in [9.17, 15) is 39.6 Å². The second kappa shape index (κ2) is 7.87. The third-order valence-electron chi connectivity index (χ3n) is 3.84. The summed E-state index contributed by atoms with van der Waals surface area (Å²) in [4.78, 5) is 48.1. The van der Waals surface area contributed by atoms with E-state index >= 15 is 0 Å². The standard InChI is InChI=1S/C18H14O8.H2O/c19-13(11-7-3-1-4-8-11)17(25,15(21)22)18(26,16(23)24)14(20)12-9-5-2-6-10-12;/h1-10,25-26H,(H,21,22)(H,23,24);1H2/p-2. The summed E-state index contributed by atoms with van der Waals surface area (Å²) >= 11 is 0. The van der Waals surface area contributed by atoms with E-state index in [1.807, 2.05) is 0 Å².